The number of ether oxygens (including phenoxy) is 1. The van der Waals surface area contributed by atoms with Gasteiger partial charge in [-0.05, 0) is 31.5 Å². The molecule has 0 spiro atoms. The fraction of sp³-hybridized carbons (Fsp3) is 0.368. The van der Waals surface area contributed by atoms with Crippen molar-refractivity contribution in [2.24, 2.45) is 0 Å². The number of rotatable bonds is 8. The van der Waals surface area contributed by atoms with Gasteiger partial charge in [0.1, 0.15) is 5.69 Å². The van der Waals surface area contributed by atoms with E-state index in [1.54, 1.807) is 36.9 Å². The molecule has 0 unspecified atom stereocenters. The highest BCUT2D eigenvalue weighted by Gasteiger charge is 2.42. The van der Waals surface area contributed by atoms with Crippen LogP contribution in [0.2, 0.25) is 0 Å². The van der Waals surface area contributed by atoms with Crippen molar-refractivity contribution in [2.75, 3.05) is 13.2 Å². The largest absolute Gasteiger partial charge is 0.471 e. The van der Waals surface area contributed by atoms with E-state index in [9.17, 15) is 22.4 Å². The molecule has 160 valence electrons. The fourth-order valence-electron chi connectivity index (χ4n) is 2.77. The third-order valence-electron chi connectivity index (χ3n) is 4.19. The molecule has 3 aromatic heterocycles. The van der Waals surface area contributed by atoms with Gasteiger partial charge in [0, 0.05) is 30.7 Å². The lowest BCUT2D eigenvalue weighted by Gasteiger charge is -2.16. The van der Waals surface area contributed by atoms with Crippen LogP contribution in [0.5, 0.6) is 5.88 Å². The average molecular weight is 425 g/mol. The quantitative estimate of drug-likeness (QED) is 0.561. The molecule has 3 heterocycles. The van der Waals surface area contributed by atoms with Crippen molar-refractivity contribution in [3.05, 3.63) is 47.5 Å². The number of amides is 1. The number of pyridine rings is 2. The van der Waals surface area contributed by atoms with Crippen LogP contribution in [0.25, 0.3) is 10.9 Å². The van der Waals surface area contributed by atoms with Crippen LogP contribution in [0.15, 0.2) is 30.7 Å². The number of carbonyl (C=O) groups is 1. The lowest BCUT2D eigenvalue weighted by atomic mass is 10.2. The molecule has 0 radical (unpaired) electrons. The zero-order valence-corrected chi connectivity index (χ0v) is 16.2. The molecule has 0 aliphatic rings. The van der Waals surface area contributed by atoms with Gasteiger partial charge in [-0.2, -0.15) is 13.9 Å². The molecule has 7 nitrogen and oxygen atoms in total. The zero-order valence-electron chi connectivity index (χ0n) is 16.2. The van der Waals surface area contributed by atoms with Crippen molar-refractivity contribution in [1.29, 1.82) is 0 Å². The van der Waals surface area contributed by atoms with Crippen LogP contribution in [-0.4, -0.2) is 51.2 Å². The van der Waals surface area contributed by atoms with Gasteiger partial charge in [-0.3, -0.25) is 14.5 Å². The van der Waals surface area contributed by atoms with Crippen molar-refractivity contribution in [3.8, 4) is 5.88 Å². The van der Waals surface area contributed by atoms with E-state index in [4.69, 9.17) is 4.74 Å². The maximum absolute atomic E-state index is 13.0. The first-order valence-corrected chi connectivity index (χ1v) is 9.06. The number of fused-ring (bicyclic) bond motifs is 1. The highest BCUT2D eigenvalue weighted by Crippen LogP contribution is 2.25. The highest BCUT2D eigenvalue weighted by molar-refractivity contribution is 6.04. The van der Waals surface area contributed by atoms with Gasteiger partial charge in [0.2, 0.25) is 5.88 Å². The third-order valence-corrected chi connectivity index (χ3v) is 4.19. The number of aromatic nitrogens is 4. The fourth-order valence-corrected chi connectivity index (χ4v) is 2.77. The molecule has 30 heavy (non-hydrogen) atoms. The summed E-state index contributed by atoms with van der Waals surface area (Å²) >= 11 is 0. The number of alkyl halides is 4. The average Bonchev–Trinajstić information content (AvgIpc) is 3.09. The molecule has 0 aliphatic heterocycles. The van der Waals surface area contributed by atoms with E-state index in [0.717, 1.165) is 0 Å². The molecule has 0 saturated heterocycles. The van der Waals surface area contributed by atoms with Gasteiger partial charge >= 0.3 is 12.3 Å². The van der Waals surface area contributed by atoms with E-state index in [1.807, 2.05) is 0 Å². The lowest BCUT2D eigenvalue weighted by molar-refractivity contribution is -0.148. The van der Waals surface area contributed by atoms with E-state index in [1.165, 1.54) is 12.4 Å². The molecular weight excluding hydrogens is 406 g/mol. The Morgan fingerprint density at radius 2 is 2.10 bits per heavy atom. The summed E-state index contributed by atoms with van der Waals surface area (Å²) in [5.74, 6) is -4.70. The van der Waals surface area contributed by atoms with E-state index in [2.05, 4.69) is 20.4 Å². The molecule has 3 rings (SSSR count). The summed E-state index contributed by atoms with van der Waals surface area (Å²) in [6.45, 7) is 2.67. The van der Waals surface area contributed by atoms with Gasteiger partial charge in [0.05, 0.1) is 17.4 Å². The summed E-state index contributed by atoms with van der Waals surface area (Å²) in [7, 11) is 0. The maximum Gasteiger partial charge on any atom is 0.340 e. The van der Waals surface area contributed by atoms with E-state index < -0.39 is 19.0 Å². The summed E-state index contributed by atoms with van der Waals surface area (Å²) in [6, 6.07) is 3.32. The van der Waals surface area contributed by atoms with Crippen molar-refractivity contribution in [1.82, 2.24) is 25.1 Å². The standard InChI is InChI=1S/C19H19F4N5O2/c1-3-24-16(29)15-13-9-28(27-14(13)4-5-25-15)8-12-6-11(2)17(26-7-12)30-10-19(22,23)18(20)21/h4-7,9,18H,3,8,10H2,1-2H3,(H,24,29). The van der Waals surface area contributed by atoms with Crippen molar-refractivity contribution in [2.45, 2.75) is 32.7 Å². The number of halogens is 4. The monoisotopic (exact) mass is 425 g/mol. The Kier molecular flexibility index (Phi) is 6.18. The first-order chi connectivity index (χ1) is 14.2. The third kappa shape index (κ3) is 4.66. The van der Waals surface area contributed by atoms with Gasteiger partial charge < -0.3 is 10.1 Å². The minimum Gasteiger partial charge on any atom is -0.471 e. The molecule has 0 fully saturated rings. The summed E-state index contributed by atoms with van der Waals surface area (Å²) in [6.07, 6.45) is 0.746. The first-order valence-electron chi connectivity index (χ1n) is 9.06. The number of nitrogens with one attached hydrogen (secondary N) is 1. The molecule has 0 bridgehead atoms. The molecular formula is C19H19F4N5O2. The Balaban J connectivity index is 1.77. The molecule has 0 aromatic carbocycles. The molecule has 1 N–H and O–H groups in total. The van der Waals surface area contributed by atoms with E-state index >= 15 is 0 Å². The van der Waals surface area contributed by atoms with E-state index in [-0.39, 0.29) is 24.0 Å². The minimum atomic E-state index is -4.25. The SMILES string of the molecule is CCNC(=O)c1nccc2nn(Cc3cnc(OCC(F)(F)C(F)F)c(C)c3)cc12. The number of hydrogen-bond acceptors (Lipinski definition) is 5. The number of nitrogens with zero attached hydrogens (tertiary/aromatic N) is 4. The van der Waals surface area contributed by atoms with Crippen LogP contribution >= 0.6 is 0 Å². The number of carbonyl (C=O) groups excluding carboxylic acids is 1. The molecule has 1 amide bonds. The Labute approximate surface area is 169 Å². The second-order valence-electron chi connectivity index (χ2n) is 6.59. The highest BCUT2D eigenvalue weighted by atomic mass is 19.3. The Hall–Kier alpha value is -3.24. The summed E-state index contributed by atoms with van der Waals surface area (Å²) in [5.41, 5.74) is 1.95. The van der Waals surface area contributed by atoms with Crippen molar-refractivity contribution >= 4 is 16.8 Å². The maximum atomic E-state index is 13.0. The molecule has 0 atom stereocenters. The van der Waals surface area contributed by atoms with Crippen molar-refractivity contribution in [3.63, 3.8) is 0 Å². The lowest BCUT2D eigenvalue weighted by Crippen LogP contribution is -2.34. The predicted molar refractivity (Wildman–Crippen MR) is 100 cm³/mol. The topological polar surface area (TPSA) is 81.9 Å². The molecule has 11 heteroatoms. The minimum absolute atomic E-state index is 0.146. The Morgan fingerprint density at radius 3 is 2.77 bits per heavy atom. The van der Waals surface area contributed by atoms with Gasteiger partial charge in [-0.1, -0.05) is 0 Å². The van der Waals surface area contributed by atoms with Crippen LogP contribution in [0, 0.1) is 6.92 Å². The van der Waals surface area contributed by atoms with Gasteiger partial charge in [0.15, 0.2) is 6.61 Å². The number of hydrogen-bond donors (Lipinski definition) is 1. The summed E-state index contributed by atoms with van der Waals surface area (Å²) in [5, 5.41) is 7.69. The van der Waals surface area contributed by atoms with Crippen LogP contribution in [-0.2, 0) is 6.54 Å². The van der Waals surface area contributed by atoms with Crippen LogP contribution in [0.3, 0.4) is 0 Å². The van der Waals surface area contributed by atoms with E-state index in [0.29, 0.717) is 28.6 Å². The molecule has 3 aromatic rings. The van der Waals surface area contributed by atoms with Gasteiger partial charge in [0.25, 0.3) is 5.91 Å². The number of aryl methyl sites for hydroxylation is 1. The summed E-state index contributed by atoms with van der Waals surface area (Å²) in [4.78, 5) is 20.2. The second-order valence-corrected chi connectivity index (χ2v) is 6.59. The van der Waals surface area contributed by atoms with Gasteiger partial charge in [-0.15, -0.1) is 0 Å². The van der Waals surface area contributed by atoms with Gasteiger partial charge in [-0.25, -0.2) is 13.8 Å². The van der Waals surface area contributed by atoms with Crippen LogP contribution in [0.1, 0.15) is 28.5 Å². The Morgan fingerprint density at radius 1 is 1.33 bits per heavy atom. The normalized spacial score (nSPS) is 11.8. The first kappa shape index (κ1) is 21.5. The van der Waals surface area contributed by atoms with Crippen LogP contribution < -0.4 is 10.1 Å². The molecule has 0 saturated carbocycles. The zero-order chi connectivity index (χ0) is 21.9. The summed E-state index contributed by atoms with van der Waals surface area (Å²) < 4.78 is 56.9. The van der Waals surface area contributed by atoms with Crippen LogP contribution in [0.4, 0.5) is 17.6 Å². The smallest absolute Gasteiger partial charge is 0.340 e. The second kappa shape index (κ2) is 8.64. The predicted octanol–water partition coefficient (Wildman–Crippen LogP) is 3.21. The molecule has 0 aliphatic carbocycles. The Bertz CT molecular complexity index is 1050. The van der Waals surface area contributed by atoms with Crippen molar-refractivity contribution < 1.29 is 27.1 Å².